The van der Waals surface area contributed by atoms with Crippen molar-refractivity contribution in [3.63, 3.8) is 0 Å². The maximum Gasteiger partial charge on any atom is 0.326 e. The molecule has 8 rings (SSSR count). The molecule has 13 heteroatoms. The van der Waals surface area contributed by atoms with Crippen LogP contribution in [0.15, 0.2) is 102 Å². The van der Waals surface area contributed by atoms with E-state index in [1.165, 1.54) is 0 Å². The Bertz CT molecular complexity index is 2620. The zero-order valence-electron chi connectivity index (χ0n) is 36.0. The van der Waals surface area contributed by atoms with E-state index in [0.29, 0.717) is 54.1 Å². The summed E-state index contributed by atoms with van der Waals surface area (Å²) in [5.41, 5.74) is 10.7. The van der Waals surface area contributed by atoms with E-state index in [-0.39, 0.29) is 24.5 Å². The molecule has 0 unspecified atom stereocenters. The van der Waals surface area contributed by atoms with Crippen molar-refractivity contribution in [2.24, 2.45) is 0 Å². The Labute approximate surface area is 377 Å². The average Bonchev–Trinajstić information content (AvgIpc) is 3.60. The number of halogens is 2. The molecule has 0 bridgehead atoms. The fourth-order valence-electron chi connectivity index (χ4n) is 8.58. The van der Waals surface area contributed by atoms with Crippen LogP contribution in [-0.2, 0) is 42.1 Å². The Morgan fingerprint density at radius 1 is 0.921 bits per heavy atom. The van der Waals surface area contributed by atoms with Gasteiger partial charge in [0.25, 0.3) is 0 Å². The summed E-state index contributed by atoms with van der Waals surface area (Å²) in [5, 5.41) is 18.5. The molecular weight excluding hydrogens is 837 g/mol. The monoisotopic (exact) mass is 887 g/mol. The summed E-state index contributed by atoms with van der Waals surface area (Å²) < 4.78 is 18.6. The molecule has 0 radical (unpaired) electrons. The summed E-state index contributed by atoms with van der Waals surface area (Å²) in [6.07, 6.45) is 2.63. The van der Waals surface area contributed by atoms with Crippen LogP contribution in [0.1, 0.15) is 81.6 Å². The molecule has 4 atom stereocenters. The smallest absolute Gasteiger partial charge is 0.326 e. The van der Waals surface area contributed by atoms with Gasteiger partial charge in [0.1, 0.15) is 35.5 Å². The van der Waals surface area contributed by atoms with Crippen molar-refractivity contribution in [1.29, 1.82) is 0 Å². The highest BCUT2D eigenvalue weighted by Crippen LogP contribution is 2.38. The summed E-state index contributed by atoms with van der Waals surface area (Å²) in [4.78, 5) is 35.6. The number of carbonyl (C=O) groups excluding carboxylic acids is 1. The van der Waals surface area contributed by atoms with Crippen LogP contribution in [0.2, 0.25) is 10.0 Å². The number of hydrogen-bond donors (Lipinski definition) is 2. The number of ether oxygens (including phenoxy) is 2. The number of benzene rings is 4. The minimum atomic E-state index is -1.13. The van der Waals surface area contributed by atoms with Crippen molar-refractivity contribution in [3.8, 4) is 22.6 Å². The molecule has 2 aromatic heterocycles. The van der Waals surface area contributed by atoms with Crippen LogP contribution in [0, 0.1) is 20.8 Å². The zero-order valence-corrected chi connectivity index (χ0v) is 37.5. The minimum Gasteiger partial charge on any atom is -0.486 e. The second kappa shape index (κ2) is 18.9. The first-order valence-corrected chi connectivity index (χ1v) is 22.0. The van der Waals surface area contributed by atoms with Gasteiger partial charge in [-0.05, 0) is 122 Å². The summed E-state index contributed by atoms with van der Waals surface area (Å²) in [7, 11) is 2.07. The number of nitrogens with zero attached hydrogens (tertiary/aromatic N) is 4. The molecule has 2 N–H and O–H groups in total. The number of pyridine rings is 1. The molecule has 0 saturated carbocycles. The van der Waals surface area contributed by atoms with E-state index in [2.05, 4.69) is 46.5 Å². The zero-order chi connectivity index (χ0) is 44.4. The second-order valence-electron chi connectivity index (χ2n) is 16.7. The molecule has 4 aromatic carbocycles. The molecule has 326 valence electrons. The Morgan fingerprint density at radius 3 is 2.40 bits per heavy atom. The van der Waals surface area contributed by atoms with Crippen molar-refractivity contribution >= 4 is 35.1 Å². The fraction of sp³-hybridized carbons (Fsp3) is 0.320. The van der Waals surface area contributed by atoms with Crippen LogP contribution in [-0.4, -0.2) is 62.6 Å². The molecule has 0 spiro atoms. The van der Waals surface area contributed by atoms with E-state index in [0.717, 1.165) is 73.7 Å². The number of carboxylic acid groups (broad SMARTS) is 1. The lowest BCUT2D eigenvalue weighted by atomic mass is 9.90. The number of aliphatic carboxylic acids is 1. The van der Waals surface area contributed by atoms with Gasteiger partial charge >= 0.3 is 5.97 Å². The molecule has 11 nitrogen and oxygen atoms in total. The van der Waals surface area contributed by atoms with Crippen LogP contribution in [0.4, 0.5) is 0 Å². The number of nitrogens with one attached hydrogen (secondary N) is 1. The highest BCUT2D eigenvalue weighted by atomic mass is 35.5. The molecule has 63 heavy (non-hydrogen) atoms. The summed E-state index contributed by atoms with van der Waals surface area (Å²) in [6, 6.07) is 27.7. The molecule has 1 amide bonds. The molecular formula is C50H51Cl2N5O6. The highest BCUT2D eigenvalue weighted by molar-refractivity contribution is 6.42. The number of amides is 1. The van der Waals surface area contributed by atoms with Gasteiger partial charge in [-0.25, -0.2) is 4.79 Å². The van der Waals surface area contributed by atoms with Gasteiger partial charge in [-0.15, -0.1) is 0 Å². The van der Waals surface area contributed by atoms with Gasteiger partial charge in [-0.3, -0.25) is 19.6 Å². The van der Waals surface area contributed by atoms with Gasteiger partial charge in [-0.1, -0.05) is 83.8 Å². The molecule has 4 heterocycles. The third-order valence-corrected chi connectivity index (χ3v) is 12.9. The SMILES string of the molecule is CC[C@@H](Oc1ccc([C@H]2CN(C)Cc3cc4c(cc3O2)CN(Cc2cc(C)on2)[C@H](C(=O)N[C@@H](Cc2ccc(-c3ccnc(C)c3C)cc2)C(=O)O)C4)cc1)c1ccc(Cl)c(Cl)c1. The summed E-state index contributed by atoms with van der Waals surface area (Å²) in [6.45, 7) is 9.99. The lowest BCUT2D eigenvalue weighted by Gasteiger charge is -2.36. The van der Waals surface area contributed by atoms with Crippen LogP contribution in [0.25, 0.3) is 11.1 Å². The maximum absolute atomic E-state index is 14.3. The van der Waals surface area contributed by atoms with E-state index in [1.54, 1.807) is 12.3 Å². The van der Waals surface area contributed by atoms with Gasteiger partial charge in [0.2, 0.25) is 5.91 Å². The molecule has 2 aliphatic rings. The standard InChI is InChI=1S/C50H51Cl2N5O6/c1-6-46(35-13-16-42(51)43(52)22-35)61-40-14-11-34(12-15-40)48-28-56(5)25-38-21-36-23-45(57(26-37(36)24-47(38)62-48)27-39-19-29(2)63-55-39)49(58)54-44(50(59)60)20-32-7-9-33(10-8-32)41-17-18-53-31(4)30(41)3/h7-19,21-22,24,44-46,48H,6,20,23,25-28H2,1-5H3,(H,54,58)(H,59,60)/t44-,45-,46+,48+/m0/s1. The number of fused-ring (bicyclic) bond motifs is 2. The lowest BCUT2D eigenvalue weighted by molar-refractivity contribution is -0.142. The first-order chi connectivity index (χ1) is 30.3. The van der Waals surface area contributed by atoms with E-state index < -0.39 is 18.1 Å². The van der Waals surface area contributed by atoms with Gasteiger partial charge in [-0.2, -0.15) is 0 Å². The Balaban J connectivity index is 0.997. The molecule has 0 saturated heterocycles. The number of carboxylic acids is 1. The number of aryl methyl sites for hydroxylation is 2. The lowest BCUT2D eigenvalue weighted by Crippen LogP contribution is -2.54. The minimum absolute atomic E-state index is 0.133. The van der Waals surface area contributed by atoms with E-state index in [4.69, 9.17) is 37.2 Å². The van der Waals surface area contributed by atoms with Gasteiger partial charge in [0, 0.05) is 56.1 Å². The summed E-state index contributed by atoms with van der Waals surface area (Å²) in [5.74, 6) is 0.744. The second-order valence-corrected chi connectivity index (χ2v) is 17.5. The third-order valence-electron chi connectivity index (χ3n) is 12.1. The van der Waals surface area contributed by atoms with E-state index in [1.807, 2.05) is 98.5 Å². The molecule has 0 fully saturated rings. The predicted octanol–water partition coefficient (Wildman–Crippen LogP) is 9.80. The van der Waals surface area contributed by atoms with E-state index in [9.17, 15) is 14.7 Å². The van der Waals surface area contributed by atoms with Crippen LogP contribution >= 0.6 is 23.2 Å². The Morgan fingerprint density at radius 2 is 1.70 bits per heavy atom. The largest absolute Gasteiger partial charge is 0.486 e. The van der Waals surface area contributed by atoms with Crippen LogP contribution in [0.5, 0.6) is 11.5 Å². The Kier molecular flexibility index (Phi) is 13.2. The van der Waals surface area contributed by atoms with Crippen LogP contribution < -0.4 is 14.8 Å². The topological polar surface area (TPSA) is 130 Å². The molecule has 6 aromatic rings. The predicted molar refractivity (Wildman–Crippen MR) is 243 cm³/mol. The maximum atomic E-state index is 14.3. The van der Waals surface area contributed by atoms with Gasteiger partial charge < -0.3 is 24.4 Å². The first kappa shape index (κ1) is 43.9. The Hall–Kier alpha value is -5.72. The fourth-order valence-corrected chi connectivity index (χ4v) is 8.89. The van der Waals surface area contributed by atoms with Gasteiger partial charge in [0.05, 0.1) is 21.8 Å². The van der Waals surface area contributed by atoms with Crippen molar-refractivity contribution in [2.45, 2.75) is 90.9 Å². The normalized spacial score (nSPS) is 17.4. The van der Waals surface area contributed by atoms with Crippen molar-refractivity contribution in [1.82, 2.24) is 25.3 Å². The number of likely N-dealkylation sites (N-methyl/N-ethyl adjacent to an activating group) is 1. The number of carbonyl (C=O) groups is 2. The average molecular weight is 889 g/mol. The molecule has 0 aliphatic carbocycles. The van der Waals surface area contributed by atoms with E-state index >= 15 is 0 Å². The summed E-state index contributed by atoms with van der Waals surface area (Å²) >= 11 is 12.5. The third kappa shape index (κ3) is 10.1. The van der Waals surface area contributed by atoms with Crippen LogP contribution in [0.3, 0.4) is 0 Å². The van der Waals surface area contributed by atoms with Crippen molar-refractivity contribution in [3.05, 3.63) is 163 Å². The number of rotatable bonds is 13. The van der Waals surface area contributed by atoms with Gasteiger partial charge in [0.15, 0.2) is 0 Å². The molecule has 2 aliphatic heterocycles. The quantitative estimate of drug-likeness (QED) is 0.116. The number of hydrogen-bond acceptors (Lipinski definition) is 9. The first-order valence-electron chi connectivity index (χ1n) is 21.2. The van der Waals surface area contributed by atoms with Crippen molar-refractivity contribution in [2.75, 3.05) is 13.6 Å². The number of aromatic nitrogens is 2. The van der Waals surface area contributed by atoms with Crippen molar-refractivity contribution < 1.29 is 28.7 Å². The highest BCUT2D eigenvalue weighted by Gasteiger charge is 2.36.